The van der Waals surface area contributed by atoms with Crippen LogP contribution in [-0.2, 0) is 0 Å². The minimum absolute atomic E-state index is 0.0843. The van der Waals surface area contributed by atoms with E-state index < -0.39 is 0 Å². The van der Waals surface area contributed by atoms with Crippen LogP contribution in [0.4, 0.5) is 0 Å². The first-order valence-corrected chi connectivity index (χ1v) is 6.30. The molecule has 0 radical (unpaired) electrons. The van der Waals surface area contributed by atoms with Crippen LogP contribution in [0.1, 0.15) is 0 Å². The smallest absolute Gasteiger partial charge is 0.203 e. The van der Waals surface area contributed by atoms with Gasteiger partial charge in [0.2, 0.25) is 10.9 Å². The van der Waals surface area contributed by atoms with Gasteiger partial charge in [-0.15, -0.1) is 0 Å². The molecular formula is C11H10O2S. The van der Waals surface area contributed by atoms with E-state index in [1.807, 2.05) is 12.5 Å². The molecule has 3 heteroatoms. The summed E-state index contributed by atoms with van der Waals surface area (Å²) >= 11 is 0. The van der Waals surface area contributed by atoms with E-state index in [0.29, 0.717) is 15.3 Å². The van der Waals surface area contributed by atoms with Gasteiger partial charge < -0.3 is 0 Å². The lowest BCUT2D eigenvalue weighted by Crippen LogP contribution is -2.03. The van der Waals surface area contributed by atoms with Gasteiger partial charge in [-0.2, -0.15) is 10.5 Å². The number of hydrogen-bond acceptors (Lipinski definition) is 2. The molecule has 2 aromatic rings. The maximum atomic E-state index is 11.8. The lowest BCUT2D eigenvalue weighted by atomic mass is 10.2. The molecule has 72 valence electrons. The SMILES string of the molecule is CS(C)=c1c(=O)c2ccccc2c1=O. The molecular weight excluding hydrogens is 196 g/mol. The first-order valence-electron chi connectivity index (χ1n) is 4.26. The third-order valence-electron chi connectivity index (χ3n) is 2.24. The van der Waals surface area contributed by atoms with Crippen molar-refractivity contribution in [2.45, 2.75) is 0 Å². The molecule has 0 fully saturated rings. The molecule has 2 nitrogen and oxygen atoms in total. The normalized spacial score (nSPS) is 11.4. The van der Waals surface area contributed by atoms with Gasteiger partial charge in [-0.05, 0) is 12.5 Å². The van der Waals surface area contributed by atoms with E-state index in [4.69, 9.17) is 0 Å². The van der Waals surface area contributed by atoms with Crippen molar-refractivity contribution < 1.29 is 0 Å². The van der Waals surface area contributed by atoms with Crippen LogP contribution in [0.2, 0.25) is 0 Å². The molecule has 0 saturated carbocycles. The van der Waals surface area contributed by atoms with Crippen molar-refractivity contribution in [1.29, 1.82) is 0 Å². The molecule has 0 aliphatic heterocycles. The zero-order chi connectivity index (χ0) is 10.3. The highest BCUT2D eigenvalue weighted by Crippen LogP contribution is 2.09. The summed E-state index contributed by atoms with van der Waals surface area (Å²) < 4.78 is 0.450. The van der Waals surface area contributed by atoms with Crippen LogP contribution in [-0.4, -0.2) is 12.5 Å². The minimum atomic E-state index is -0.260. The summed E-state index contributed by atoms with van der Waals surface area (Å²) in [6, 6.07) is 7.01. The summed E-state index contributed by atoms with van der Waals surface area (Å²) in [7, 11) is -0.260. The highest BCUT2D eigenvalue weighted by atomic mass is 32.2. The second-order valence-electron chi connectivity index (χ2n) is 3.35. The summed E-state index contributed by atoms with van der Waals surface area (Å²) in [5, 5.41) is 1.13. The molecule has 0 bridgehead atoms. The Labute approximate surface area is 83.5 Å². The Kier molecular flexibility index (Phi) is 2.11. The van der Waals surface area contributed by atoms with Crippen molar-refractivity contribution in [3.05, 3.63) is 49.2 Å². The zero-order valence-electron chi connectivity index (χ0n) is 8.03. The quantitative estimate of drug-likeness (QED) is 0.612. The first-order chi connectivity index (χ1) is 6.63. The second-order valence-corrected chi connectivity index (χ2v) is 5.39. The van der Waals surface area contributed by atoms with Crippen LogP contribution in [0.25, 0.3) is 10.8 Å². The fraction of sp³-hybridized carbons (Fsp3) is 0.182. The van der Waals surface area contributed by atoms with Crippen molar-refractivity contribution in [2.24, 2.45) is 0 Å². The molecule has 14 heavy (non-hydrogen) atoms. The fourth-order valence-corrected chi connectivity index (χ4v) is 2.56. The lowest BCUT2D eigenvalue weighted by molar-refractivity contribution is 1.66. The van der Waals surface area contributed by atoms with Gasteiger partial charge in [0.05, 0.1) is 4.51 Å². The van der Waals surface area contributed by atoms with Crippen molar-refractivity contribution >= 4 is 21.3 Å². The number of benzene rings is 1. The molecule has 0 aliphatic carbocycles. The van der Waals surface area contributed by atoms with E-state index >= 15 is 0 Å². The predicted octanol–water partition coefficient (Wildman–Crippen LogP) is 1.50. The summed E-state index contributed by atoms with van der Waals surface area (Å²) in [6.45, 7) is 0. The van der Waals surface area contributed by atoms with Crippen molar-refractivity contribution in [1.82, 2.24) is 0 Å². The van der Waals surface area contributed by atoms with Crippen LogP contribution >= 0.6 is 10.5 Å². The van der Waals surface area contributed by atoms with Gasteiger partial charge in [-0.1, -0.05) is 24.3 Å². The van der Waals surface area contributed by atoms with Gasteiger partial charge in [0.15, 0.2) is 0 Å². The second kappa shape index (κ2) is 3.17. The van der Waals surface area contributed by atoms with Crippen LogP contribution < -0.4 is 10.9 Å². The average molecular weight is 206 g/mol. The van der Waals surface area contributed by atoms with Gasteiger partial charge in [-0.25, -0.2) is 0 Å². The van der Waals surface area contributed by atoms with Crippen LogP contribution in [0, 0.1) is 4.51 Å². The third-order valence-corrected chi connectivity index (χ3v) is 3.42. The standard InChI is InChI=1S/C11H10O2S/c1-14(2)11-9(12)7-5-3-4-6-8(7)10(11)13/h3-6H,1-2H3. The summed E-state index contributed by atoms with van der Waals surface area (Å²) in [4.78, 5) is 23.6. The molecule has 0 N–H and O–H groups in total. The van der Waals surface area contributed by atoms with E-state index in [0.717, 1.165) is 0 Å². The highest BCUT2D eigenvalue weighted by molar-refractivity contribution is 8.08. The molecule has 2 aromatic carbocycles. The van der Waals surface area contributed by atoms with E-state index in [2.05, 4.69) is 0 Å². The third kappa shape index (κ3) is 1.16. The maximum absolute atomic E-state index is 11.8. The van der Waals surface area contributed by atoms with Crippen LogP contribution in [0.3, 0.4) is 0 Å². The van der Waals surface area contributed by atoms with E-state index in [1.165, 1.54) is 0 Å². The van der Waals surface area contributed by atoms with Crippen molar-refractivity contribution in [3.63, 3.8) is 0 Å². The molecule has 0 saturated heterocycles. The summed E-state index contributed by atoms with van der Waals surface area (Å²) in [5.74, 6) is 0. The molecule has 0 atom stereocenters. The Morgan fingerprint density at radius 1 is 0.929 bits per heavy atom. The minimum Gasteiger partial charge on any atom is -0.288 e. The molecule has 0 aliphatic rings. The highest BCUT2D eigenvalue weighted by Gasteiger charge is 2.08. The number of rotatable bonds is 0. The molecule has 0 heterocycles. The molecule has 0 amide bonds. The van der Waals surface area contributed by atoms with Crippen LogP contribution in [0.5, 0.6) is 0 Å². The maximum Gasteiger partial charge on any atom is 0.203 e. The number of hydrogen-bond donors (Lipinski definition) is 0. The predicted molar refractivity (Wildman–Crippen MR) is 61.5 cm³/mol. The average Bonchev–Trinajstić information content (AvgIpc) is 2.41. The van der Waals surface area contributed by atoms with E-state index in [-0.39, 0.29) is 21.3 Å². The Hall–Kier alpha value is -1.22. The number of fused-ring (bicyclic) bond motifs is 1. The van der Waals surface area contributed by atoms with Gasteiger partial charge in [0.1, 0.15) is 0 Å². The molecule has 0 unspecified atom stereocenters. The van der Waals surface area contributed by atoms with Crippen molar-refractivity contribution in [3.8, 4) is 0 Å². The Morgan fingerprint density at radius 3 is 1.71 bits per heavy atom. The molecule has 2 rings (SSSR count). The monoisotopic (exact) mass is 206 g/mol. The first kappa shape index (κ1) is 9.34. The summed E-state index contributed by atoms with van der Waals surface area (Å²) in [5.41, 5.74) is -0.169. The Morgan fingerprint density at radius 2 is 1.36 bits per heavy atom. The topological polar surface area (TPSA) is 34.1 Å². The summed E-state index contributed by atoms with van der Waals surface area (Å²) in [6.07, 6.45) is 3.80. The van der Waals surface area contributed by atoms with E-state index in [9.17, 15) is 9.59 Å². The largest absolute Gasteiger partial charge is 0.288 e. The lowest BCUT2D eigenvalue weighted by Gasteiger charge is -1.82. The van der Waals surface area contributed by atoms with Gasteiger partial charge in [-0.3, -0.25) is 9.59 Å². The molecule has 0 aromatic heterocycles. The van der Waals surface area contributed by atoms with Gasteiger partial charge in [0, 0.05) is 10.8 Å². The van der Waals surface area contributed by atoms with Crippen LogP contribution in [0.15, 0.2) is 33.9 Å². The van der Waals surface area contributed by atoms with Gasteiger partial charge in [0.25, 0.3) is 0 Å². The zero-order valence-corrected chi connectivity index (χ0v) is 8.85. The van der Waals surface area contributed by atoms with Crippen molar-refractivity contribution in [2.75, 3.05) is 12.5 Å². The van der Waals surface area contributed by atoms with E-state index in [1.54, 1.807) is 24.3 Å². The Balaban J connectivity index is 3.27. The molecule has 0 spiro atoms. The Bertz CT molecular complexity index is 592. The fourth-order valence-electron chi connectivity index (χ4n) is 1.60. The van der Waals surface area contributed by atoms with Gasteiger partial charge >= 0.3 is 0 Å².